The number of aryl methyl sites for hydroxylation is 1. The molecule has 0 heterocycles. The van der Waals surface area contributed by atoms with Crippen molar-refractivity contribution in [1.29, 1.82) is 0 Å². The summed E-state index contributed by atoms with van der Waals surface area (Å²) in [5, 5.41) is 14.1. The minimum absolute atomic E-state index is 0.130. The van der Waals surface area contributed by atoms with Crippen LogP contribution in [0.15, 0.2) is 42.5 Å². The number of rotatable bonds is 5. The summed E-state index contributed by atoms with van der Waals surface area (Å²) >= 11 is 0. The van der Waals surface area contributed by atoms with Crippen LogP contribution in [-0.2, 0) is 6.42 Å². The van der Waals surface area contributed by atoms with E-state index < -0.39 is 0 Å². The third-order valence-corrected chi connectivity index (χ3v) is 3.09. The Morgan fingerprint density at radius 2 is 2.00 bits per heavy atom. The van der Waals surface area contributed by atoms with E-state index in [9.17, 15) is 14.5 Å². The molecule has 0 atom stereocenters. The Bertz CT molecular complexity index is 629. The van der Waals surface area contributed by atoms with E-state index in [4.69, 9.17) is 0 Å². The summed E-state index contributed by atoms with van der Waals surface area (Å²) in [5.74, 6) is -0.272. The first kappa shape index (κ1) is 14.0. The fraction of sp³-hybridized carbons (Fsp3) is 0.200. The first-order valence-electron chi connectivity index (χ1n) is 6.30. The van der Waals surface area contributed by atoms with Gasteiger partial charge >= 0.3 is 0 Å². The van der Waals surface area contributed by atoms with Crippen LogP contribution in [-0.4, -0.2) is 11.5 Å². The van der Waals surface area contributed by atoms with Gasteiger partial charge in [0, 0.05) is 23.9 Å². The van der Waals surface area contributed by atoms with Gasteiger partial charge in [0.05, 0.1) is 4.92 Å². The molecule has 2 aromatic rings. The SMILES string of the molecule is Cc1cc(F)ccc1NCCc1ccccc1[N+](=O)[O-]. The normalized spacial score (nSPS) is 10.3. The van der Waals surface area contributed by atoms with E-state index in [0.29, 0.717) is 18.5 Å². The molecule has 0 aromatic heterocycles. The lowest BCUT2D eigenvalue weighted by Gasteiger charge is -2.09. The number of anilines is 1. The maximum atomic E-state index is 13.0. The van der Waals surface area contributed by atoms with E-state index in [0.717, 1.165) is 11.3 Å². The molecule has 0 unspecified atom stereocenters. The van der Waals surface area contributed by atoms with Crippen molar-refractivity contribution in [2.45, 2.75) is 13.3 Å². The molecule has 104 valence electrons. The number of halogens is 1. The second-order valence-corrected chi connectivity index (χ2v) is 4.52. The Morgan fingerprint density at radius 3 is 2.70 bits per heavy atom. The van der Waals surface area contributed by atoms with Gasteiger partial charge in [0.1, 0.15) is 5.82 Å². The summed E-state index contributed by atoms with van der Waals surface area (Å²) in [6, 6.07) is 11.2. The molecule has 0 saturated carbocycles. The van der Waals surface area contributed by atoms with Crippen molar-refractivity contribution >= 4 is 11.4 Å². The van der Waals surface area contributed by atoms with E-state index in [1.165, 1.54) is 18.2 Å². The second-order valence-electron chi connectivity index (χ2n) is 4.52. The number of nitrogens with one attached hydrogen (secondary N) is 1. The van der Waals surface area contributed by atoms with Crippen molar-refractivity contribution in [1.82, 2.24) is 0 Å². The molecule has 0 aliphatic heterocycles. The first-order valence-corrected chi connectivity index (χ1v) is 6.30. The van der Waals surface area contributed by atoms with E-state index in [1.54, 1.807) is 24.3 Å². The van der Waals surface area contributed by atoms with Crippen LogP contribution in [0.3, 0.4) is 0 Å². The van der Waals surface area contributed by atoms with Gasteiger partial charge in [0.25, 0.3) is 5.69 Å². The average Bonchev–Trinajstić information content (AvgIpc) is 2.41. The van der Waals surface area contributed by atoms with Crippen LogP contribution < -0.4 is 5.32 Å². The second kappa shape index (κ2) is 6.14. The number of hydrogen-bond acceptors (Lipinski definition) is 3. The number of benzene rings is 2. The fourth-order valence-corrected chi connectivity index (χ4v) is 2.06. The number of nitrogens with zero attached hydrogens (tertiary/aromatic N) is 1. The van der Waals surface area contributed by atoms with Gasteiger partial charge in [-0.2, -0.15) is 0 Å². The zero-order valence-corrected chi connectivity index (χ0v) is 11.1. The zero-order chi connectivity index (χ0) is 14.5. The molecule has 0 fully saturated rings. The number of hydrogen-bond donors (Lipinski definition) is 1. The zero-order valence-electron chi connectivity index (χ0n) is 11.1. The van der Waals surface area contributed by atoms with Crippen molar-refractivity contribution in [3.63, 3.8) is 0 Å². The predicted molar refractivity (Wildman–Crippen MR) is 76.4 cm³/mol. The summed E-state index contributed by atoms with van der Waals surface area (Å²) in [6.07, 6.45) is 0.536. The highest BCUT2D eigenvalue weighted by Gasteiger charge is 2.11. The maximum absolute atomic E-state index is 13.0. The molecule has 2 aromatic carbocycles. The van der Waals surface area contributed by atoms with Gasteiger partial charge in [-0.15, -0.1) is 0 Å². The molecule has 1 N–H and O–H groups in total. The summed E-state index contributed by atoms with van der Waals surface area (Å²) in [4.78, 5) is 10.5. The van der Waals surface area contributed by atoms with Crippen LogP contribution in [0.4, 0.5) is 15.8 Å². The van der Waals surface area contributed by atoms with Crippen LogP contribution >= 0.6 is 0 Å². The topological polar surface area (TPSA) is 55.2 Å². The average molecular weight is 274 g/mol. The molecule has 0 radical (unpaired) electrons. The van der Waals surface area contributed by atoms with Crippen molar-refractivity contribution in [2.75, 3.05) is 11.9 Å². The van der Waals surface area contributed by atoms with E-state index >= 15 is 0 Å². The summed E-state index contributed by atoms with van der Waals surface area (Å²) in [5.41, 5.74) is 2.47. The largest absolute Gasteiger partial charge is 0.384 e. The standard InChI is InChI=1S/C15H15FN2O2/c1-11-10-13(16)6-7-14(11)17-9-8-12-4-2-3-5-15(12)18(19)20/h2-7,10,17H,8-9H2,1H3. The van der Waals surface area contributed by atoms with Crippen molar-refractivity contribution in [2.24, 2.45) is 0 Å². The van der Waals surface area contributed by atoms with Gasteiger partial charge in [-0.25, -0.2) is 4.39 Å². The molecule has 4 nitrogen and oxygen atoms in total. The molecule has 0 spiro atoms. The number of nitro groups is 1. The lowest BCUT2D eigenvalue weighted by molar-refractivity contribution is -0.385. The van der Waals surface area contributed by atoms with Crippen LogP contribution in [0.2, 0.25) is 0 Å². The Labute approximate surface area is 116 Å². The Balaban J connectivity index is 2.01. The van der Waals surface area contributed by atoms with Crippen molar-refractivity contribution < 1.29 is 9.31 Å². The highest BCUT2D eigenvalue weighted by Crippen LogP contribution is 2.19. The summed E-state index contributed by atoms with van der Waals surface area (Å²) in [6.45, 7) is 2.37. The Morgan fingerprint density at radius 1 is 1.25 bits per heavy atom. The van der Waals surface area contributed by atoms with E-state index in [1.807, 2.05) is 6.92 Å². The molecule has 0 bridgehead atoms. The third kappa shape index (κ3) is 3.32. The number of para-hydroxylation sites is 1. The Kier molecular flexibility index (Phi) is 4.30. The first-order chi connectivity index (χ1) is 9.58. The summed E-state index contributed by atoms with van der Waals surface area (Å²) < 4.78 is 13.0. The molecule has 0 aliphatic carbocycles. The van der Waals surface area contributed by atoms with Gasteiger partial charge < -0.3 is 5.32 Å². The molecule has 2 rings (SSSR count). The maximum Gasteiger partial charge on any atom is 0.272 e. The van der Waals surface area contributed by atoms with Crippen LogP contribution in [0.5, 0.6) is 0 Å². The smallest absolute Gasteiger partial charge is 0.272 e. The van der Waals surface area contributed by atoms with Gasteiger partial charge in [0.15, 0.2) is 0 Å². The molecular weight excluding hydrogens is 259 g/mol. The van der Waals surface area contributed by atoms with E-state index in [-0.39, 0.29) is 16.4 Å². The molecular formula is C15H15FN2O2. The minimum atomic E-state index is -0.377. The highest BCUT2D eigenvalue weighted by atomic mass is 19.1. The van der Waals surface area contributed by atoms with E-state index in [2.05, 4.69) is 5.32 Å². The third-order valence-electron chi connectivity index (χ3n) is 3.09. The highest BCUT2D eigenvalue weighted by molar-refractivity contribution is 5.51. The lowest BCUT2D eigenvalue weighted by Crippen LogP contribution is -2.07. The van der Waals surface area contributed by atoms with Gasteiger partial charge in [0.2, 0.25) is 0 Å². The predicted octanol–water partition coefficient (Wildman–Crippen LogP) is 3.70. The molecule has 0 amide bonds. The van der Waals surface area contributed by atoms with Gasteiger partial charge in [-0.3, -0.25) is 10.1 Å². The minimum Gasteiger partial charge on any atom is -0.384 e. The Hall–Kier alpha value is -2.43. The fourth-order valence-electron chi connectivity index (χ4n) is 2.06. The summed E-state index contributed by atoms with van der Waals surface area (Å²) in [7, 11) is 0. The van der Waals surface area contributed by atoms with Gasteiger partial charge in [-0.1, -0.05) is 18.2 Å². The van der Waals surface area contributed by atoms with Gasteiger partial charge in [-0.05, 0) is 37.1 Å². The van der Waals surface area contributed by atoms with Crippen molar-refractivity contribution in [3.05, 3.63) is 69.5 Å². The quantitative estimate of drug-likeness (QED) is 0.668. The van der Waals surface area contributed by atoms with Crippen LogP contribution in [0, 0.1) is 22.9 Å². The molecule has 0 aliphatic rings. The number of nitro benzene ring substituents is 1. The van der Waals surface area contributed by atoms with Crippen LogP contribution in [0.25, 0.3) is 0 Å². The molecule has 0 saturated heterocycles. The molecule has 5 heteroatoms. The lowest BCUT2D eigenvalue weighted by atomic mass is 10.1. The monoisotopic (exact) mass is 274 g/mol. The molecule has 20 heavy (non-hydrogen) atoms. The van der Waals surface area contributed by atoms with Crippen molar-refractivity contribution in [3.8, 4) is 0 Å². The van der Waals surface area contributed by atoms with Crippen LogP contribution in [0.1, 0.15) is 11.1 Å².